The number of aromatic nitrogens is 2. The molecule has 1 aliphatic rings. The Morgan fingerprint density at radius 2 is 1.97 bits per heavy atom. The van der Waals surface area contributed by atoms with E-state index in [1.54, 1.807) is 16.8 Å². The first-order valence-electron chi connectivity index (χ1n) is 12.0. The van der Waals surface area contributed by atoms with Crippen LogP contribution >= 0.6 is 0 Å². The van der Waals surface area contributed by atoms with E-state index in [2.05, 4.69) is 24.7 Å². The van der Waals surface area contributed by atoms with Crippen molar-refractivity contribution < 1.29 is 19.0 Å². The molecule has 35 heavy (non-hydrogen) atoms. The van der Waals surface area contributed by atoms with Crippen molar-refractivity contribution in [2.75, 3.05) is 19.8 Å². The minimum atomic E-state index is -0.664. The minimum Gasteiger partial charge on any atom is -0.438 e. The summed E-state index contributed by atoms with van der Waals surface area (Å²) in [6.07, 6.45) is 6.73. The van der Waals surface area contributed by atoms with E-state index in [0.29, 0.717) is 30.8 Å². The summed E-state index contributed by atoms with van der Waals surface area (Å²) in [4.78, 5) is 2.25. The molecular formula is C28H32FN3O3. The van der Waals surface area contributed by atoms with Crippen LogP contribution in [0, 0.1) is 18.2 Å². The van der Waals surface area contributed by atoms with Gasteiger partial charge in [0.2, 0.25) is 5.88 Å². The third kappa shape index (κ3) is 6.49. The number of halogens is 1. The molecule has 0 unspecified atom stereocenters. The monoisotopic (exact) mass is 477 g/mol. The molecule has 1 saturated carbocycles. The van der Waals surface area contributed by atoms with Gasteiger partial charge in [-0.25, -0.2) is 9.07 Å². The molecule has 1 atom stereocenters. The molecule has 0 amide bonds. The third-order valence-electron chi connectivity index (χ3n) is 5.89. The van der Waals surface area contributed by atoms with Crippen LogP contribution in [-0.4, -0.2) is 51.7 Å². The lowest BCUT2D eigenvalue weighted by Crippen LogP contribution is -2.36. The second-order valence-electron chi connectivity index (χ2n) is 9.16. The van der Waals surface area contributed by atoms with Gasteiger partial charge in [-0.05, 0) is 43.0 Å². The lowest BCUT2D eigenvalue weighted by atomic mass is 10.1. The number of rotatable bonds is 12. The zero-order valence-electron chi connectivity index (χ0n) is 20.2. The summed E-state index contributed by atoms with van der Waals surface area (Å²) >= 11 is 0. The van der Waals surface area contributed by atoms with Crippen molar-refractivity contribution in [3.05, 3.63) is 71.7 Å². The fourth-order valence-corrected chi connectivity index (χ4v) is 4.12. The number of nitrogens with zero attached hydrogens (tertiary/aromatic N) is 3. The summed E-state index contributed by atoms with van der Waals surface area (Å²) in [5, 5.41) is 15.5. The van der Waals surface area contributed by atoms with Crippen LogP contribution in [0.4, 0.5) is 4.39 Å². The van der Waals surface area contributed by atoms with Crippen molar-refractivity contribution in [1.29, 1.82) is 0 Å². The van der Waals surface area contributed by atoms with Crippen molar-refractivity contribution >= 4 is 0 Å². The Balaban J connectivity index is 1.71. The first-order chi connectivity index (χ1) is 17.0. The summed E-state index contributed by atoms with van der Waals surface area (Å²) in [6.45, 7) is 5.53. The van der Waals surface area contributed by atoms with Crippen molar-refractivity contribution in [3.63, 3.8) is 0 Å². The van der Waals surface area contributed by atoms with Crippen molar-refractivity contribution in [2.45, 2.75) is 51.3 Å². The smallest absolute Gasteiger partial charge is 0.227 e. The van der Waals surface area contributed by atoms with Crippen molar-refractivity contribution in [2.24, 2.45) is 0 Å². The average molecular weight is 478 g/mol. The number of hydrogen-bond acceptors (Lipinski definition) is 5. The highest BCUT2D eigenvalue weighted by Gasteiger charge is 2.33. The highest BCUT2D eigenvalue weighted by atomic mass is 19.1. The molecular weight excluding hydrogens is 445 g/mol. The summed E-state index contributed by atoms with van der Waals surface area (Å²) < 4.78 is 27.4. The normalized spacial score (nSPS) is 14.3. The molecule has 184 valence electrons. The number of para-hydroxylation sites is 1. The van der Waals surface area contributed by atoms with Gasteiger partial charge >= 0.3 is 0 Å². The minimum absolute atomic E-state index is 0.134. The van der Waals surface area contributed by atoms with Crippen molar-refractivity contribution in [3.8, 4) is 29.7 Å². The summed E-state index contributed by atoms with van der Waals surface area (Å²) in [7, 11) is 0. The van der Waals surface area contributed by atoms with Crippen LogP contribution in [0.3, 0.4) is 0 Å². The number of terminal acetylenes is 1. The van der Waals surface area contributed by atoms with Crippen LogP contribution in [0.25, 0.3) is 5.69 Å². The van der Waals surface area contributed by atoms with Crippen LogP contribution in [0.1, 0.15) is 43.9 Å². The number of aliphatic hydroxyl groups excluding tert-OH is 1. The second-order valence-corrected chi connectivity index (χ2v) is 9.16. The molecule has 3 aromatic rings. The molecule has 1 aliphatic carbocycles. The van der Waals surface area contributed by atoms with E-state index in [1.807, 2.05) is 30.3 Å². The van der Waals surface area contributed by atoms with Gasteiger partial charge < -0.3 is 14.6 Å². The fraction of sp³-hybridized carbons (Fsp3) is 0.393. The van der Waals surface area contributed by atoms with Crippen LogP contribution in [0.5, 0.6) is 11.6 Å². The van der Waals surface area contributed by atoms with E-state index < -0.39 is 6.10 Å². The number of aliphatic hydroxyl groups is 1. The first kappa shape index (κ1) is 24.9. The molecule has 1 heterocycles. The topological polar surface area (TPSA) is 59.8 Å². The van der Waals surface area contributed by atoms with Gasteiger partial charge in [-0.3, -0.25) is 4.90 Å². The van der Waals surface area contributed by atoms with Gasteiger partial charge in [-0.2, -0.15) is 5.10 Å². The van der Waals surface area contributed by atoms with E-state index in [-0.39, 0.29) is 24.9 Å². The predicted molar refractivity (Wildman–Crippen MR) is 133 cm³/mol. The van der Waals surface area contributed by atoms with E-state index >= 15 is 0 Å². The zero-order valence-corrected chi connectivity index (χ0v) is 20.2. The molecule has 0 bridgehead atoms. The van der Waals surface area contributed by atoms with Crippen LogP contribution < -0.4 is 4.74 Å². The Morgan fingerprint density at radius 1 is 1.20 bits per heavy atom. The Morgan fingerprint density at radius 3 is 2.63 bits per heavy atom. The van der Waals surface area contributed by atoms with Gasteiger partial charge in [0, 0.05) is 25.2 Å². The Kier molecular flexibility index (Phi) is 8.19. The second kappa shape index (κ2) is 11.5. The standard InChI is InChI=1S/C28H32FN3O3/c1-4-15-34-19-24(33)17-31(22-13-14-22)18-26-27(20(2)3)30-32(23-10-6-5-7-11-23)28(26)35-25-12-8-9-21(29)16-25/h1,5-12,16,20,22,24,33H,13-15,17-19H2,2-3H3/t24-/m1/s1. The molecule has 1 fully saturated rings. The molecule has 2 aromatic carbocycles. The maximum atomic E-state index is 14.0. The number of hydrogen-bond donors (Lipinski definition) is 1. The maximum absolute atomic E-state index is 14.0. The number of ether oxygens (including phenoxy) is 2. The SMILES string of the molecule is C#CCOC[C@H](O)CN(Cc1c(C(C)C)nn(-c2ccccc2)c1Oc1cccc(F)c1)C1CC1. The molecule has 0 spiro atoms. The molecule has 7 heteroatoms. The molecule has 1 N–H and O–H groups in total. The maximum Gasteiger partial charge on any atom is 0.227 e. The quantitative estimate of drug-likeness (QED) is 0.297. The zero-order chi connectivity index (χ0) is 24.8. The van der Waals surface area contributed by atoms with Gasteiger partial charge in [0.1, 0.15) is 18.2 Å². The Hall–Kier alpha value is -3.18. The van der Waals surface area contributed by atoms with E-state index in [9.17, 15) is 9.50 Å². The van der Waals surface area contributed by atoms with Gasteiger partial charge in [0.25, 0.3) is 0 Å². The van der Waals surface area contributed by atoms with Gasteiger partial charge in [-0.1, -0.05) is 44.0 Å². The van der Waals surface area contributed by atoms with Crippen LogP contribution in [0.15, 0.2) is 54.6 Å². The molecule has 4 rings (SSSR count). The Bertz CT molecular complexity index is 1150. The lowest BCUT2D eigenvalue weighted by molar-refractivity contribution is 0.0240. The van der Waals surface area contributed by atoms with Gasteiger partial charge in [0.05, 0.1) is 29.7 Å². The highest BCUT2D eigenvalue weighted by Crippen LogP contribution is 2.37. The van der Waals surface area contributed by atoms with E-state index in [4.69, 9.17) is 21.0 Å². The lowest BCUT2D eigenvalue weighted by Gasteiger charge is -2.25. The summed E-state index contributed by atoms with van der Waals surface area (Å²) in [5.74, 6) is 3.14. The van der Waals surface area contributed by atoms with Gasteiger partial charge in [0.15, 0.2) is 0 Å². The third-order valence-corrected chi connectivity index (χ3v) is 5.89. The van der Waals surface area contributed by atoms with Crippen LogP contribution in [-0.2, 0) is 11.3 Å². The molecule has 6 nitrogen and oxygen atoms in total. The van der Waals surface area contributed by atoms with Crippen molar-refractivity contribution in [1.82, 2.24) is 14.7 Å². The number of benzene rings is 2. The largest absolute Gasteiger partial charge is 0.438 e. The fourth-order valence-electron chi connectivity index (χ4n) is 4.12. The molecule has 1 aromatic heterocycles. The predicted octanol–water partition coefficient (Wildman–Crippen LogP) is 4.90. The Labute approximate surface area is 206 Å². The highest BCUT2D eigenvalue weighted by molar-refractivity contribution is 5.44. The molecule has 0 radical (unpaired) electrons. The van der Waals surface area contributed by atoms with E-state index in [0.717, 1.165) is 29.8 Å². The van der Waals surface area contributed by atoms with E-state index in [1.165, 1.54) is 12.1 Å². The average Bonchev–Trinajstić information content (AvgIpc) is 3.63. The molecule has 0 saturated heterocycles. The van der Waals surface area contributed by atoms with Gasteiger partial charge in [-0.15, -0.1) is 6.42 Å². The van der Waals surface area contributed by atoms with Crippen LogP contribution in [0.2, 0.25) is 0 Å². The summed E-state index contributed by atoms with van der Waals surface area (Å²) in [5.41, 5.74) is 2.69. The first-order valence-corrected chi connectivity index (χ1v) is 12.0. The molecule has 0 aliphatic heterocycles. The summed E-state index contributed by atoms with van der Waals surface area (Å²) in [6, 6.07) is 16.3.